The van der Waals surface area contributed by atoms with Gasteiger partial charge in [-0.25, -0.2) is 0 Å². The molecule has 1 aliphatic rings. The van der Waals surface area contributed by atoms with Gasteiger partial charge in [-0.2, -0.15) is 0 Å². The predicted molar refractivity (Wildman–Crippen MR) is 62.5 cm³/mol. The predicted octanol–water partition coefficient (Wildman–Crippen LogP) is 1.60. The molecule has 0 spiro atoms. The molecule has 0 bridgehead atoms. The molecule has 0 amide bonds. The Morgan fingerprint density at radius 3 is 2.38 bits per heavy atom. The van der Waals surface area contributed by atoms with E-state index in [1.807, 2.05) is 20.8 Å². The summed E-state index contributed by atoms with van der Waals surface area (Å²) in [6.45, 7) is 9.52. The number of nitrogens with zero attached hydrogens (tertiary/aromatic N) is 1. The van der Waals surface area contributed by atoms with E-state index in [0.717, 1.165) is 39.1 Å². The molecule has 1 fully saturated rings. The molecule has 0 saturated carbocycles. The van der Waals surface area contributed by atoms with Crippen LogP contribution in [0.3, 0.4) is 0 Å². The number of likely N-dealkylation sites (tertiary alicyclic amines) is 1. The van der Waals surface area contributed by atoms with Crippen LogP contribution in [0.25, 0.3) is 0 Å². The normalized spacial score (nSPS) is 19.9. The van der Waals surface area contributed by atoms with Crippen molar-refractivity contribution in [1.29, 1.82) is 0 Å². The summed E-state index contributed by atoms with van der Waals surface area (Å²) in [5.74, 6) is -0.787. The number of hydrogen-bond acceptors (Lipinski definition) is 3. The average molecular weight is 229 g/mol. The second kappa shape index (κ2) is 5.64. The van der Waals surface area contributed by atoms with E-state index in [2.05, 4.69) is 4.90 Å². The first-order chi connectivity index (χ1) is 7.38. The maximum absolute atomic E-state index is 10.8. The zero-order valence-electron chi connectivity index (χ0n) is 10.5. The Bertz CT molecular complexity index is 227. The van der Waals surface area contributed by atoms with E-state index in [1.54, 1.807) is 0 Å². The number of aliphatic carboxylic acids is 1. The first-order valence-electron chi connectivity index (χ1n) is 5.97. The molecule has 4 nitrogen and oxygen atoms in total. The van der Waals surface area contributed by atoms with Crippen molar-refractivity contribution in [2.75, 3.05) is 26.2 Å². The van der Waals surface area contributed by atoms with Crippen LogP contribution in [0.5, 0.6) is 0 Å². The standard InChI is InChI=1S/C12H23NO3/c1-12(2,3)16-9-8-13-6-4-10(5-7-13)11(14)15/h10H,4-9H2,1-3H3,(H,14,15). The number of carbonyl (C=O) groups is 1. The van der Waals surface area contributed by atoms with Gasteiger partial charge in [0.25, 0.3) is 0 Å². The topological polar surface area (TPSA) is 49.8 Å². The summed E-state index contributed by atoms with van der Waals surface area (Å²) in [7, 11) is 0. The fourth-order valence-electron chi connectivity index (χ4n) is 1.88. The van der Waals surface area contributed by atoms with Crippen LogP contribution >= 0.6 is 0 Å². The van der Waals surface area contributed by atoms with Crippen LogP contribution < -0.4 is 0 Å². The minimum absolute atomic E-state index is 0.0839. The molecular formula is C12H23NO3. The highest BCUT2D eigenvalue weighted by Gasteiger charge is 2.24. The van der Waals surface area contributed by atoms with E-state index in [9.17, 15) is 4.79 Å². The van der Waals surface area contributed by atoms with Crippen LogP contribution in [0.2, 0.25) is 0 Å². The van der Waals surface area contributed by atoms with Gasteiger partial charge >= 0.3 is 5.97 Å². The van der Waals surface area contributed by atoms with Crippen molar-refractivity contribution in [2.24, 2.45) is 5.92 Å². The Kier molecular flexibility index (Phi) is 4.74. The lowest BCUT2D eigenvalue weighted by molar-refractivity contribution is -0.143. The van der Waals surface area contributed by atoms with E-state index >= 15 is 0 Å². The van der Waals surface area contributed by atoms with Crippen molar-refractivity contribution >= 4 is 5.97 Å². The van der Waals surface area contributed by atoms with Crippen LogP contribution in [0.4, 0.5) is 0 Å². The van der Waals surface area contributed by atoms with Crippen LogP contribution in [-0.2, 0) is 9.53 Å². The summed E-state index contributed by atoms with van der Waals surface area (Å²) >= 11 is 0. The lowest BCUT2D eigenvalue weighted by atomic mass is 9.97. The molecule has 0 atom stereocenters. The van der Waals surface area contributed by atoms with Gasteiger partial charge in [0.1, 0.15) is 0 Å². The van der Waals surface area contributed by atoms with Gasteiger partial charge in [0.05, 0.1) is 18.1 Å². The van der Waals surface area contributed by atoms with E-state index in [0.29, 0.717) is 0 Å². The van der Waals surface area contributed by atoms with Crippen LogP contribution in [0, 0.1) is 5.92 Å². The lowest BCUT2D eigenvalue weighted by Crippen LogP contribution is -2.39. The quantitative estimate of drug-likeness (QED) is 0.795. The monoisotopic (exact) mass is 229 g/mol. The summed E-state index contributed by atoms with van der Waals surface area (Å²) in [4.78, 5) is 13.0. The van der Waals surface area contributed by atoms with Gasteiger partial charge in [0.2, 0.25) is 0 Å². The average Bonchev–Trinajstić information content (AvgIpc) is 2.16. The summed E-state index contributed by atoms with van der Waals surface area (Å²) in [6, 6.07) is 0. The van der Waals surface area contributed by atoms with E-state index in [-0.39, 0.29) is 11.5 Å². The van der Waals surface area contributed by atoms with Crippen LogP contribution in [-0.4, -0.2) is 47.8 Å². The van der Waals surface area contributed by atoms with Crippen molar-refractivity contribution < 1.29 is 14.6 Å². The molecule has 94 valence electrons. The zero-order valence-corrected chi connectivity index (χ0v) is 10.5. The summed E-state index contributed by atoms with van der Waals surface area (Å²) in [5, 5.41) is 8.86. The third-order valence-corrected chi connectivity index (χ3v) is 2.88. The van der Waals surface area contributed by atoms with Gasteiger partial charge in [-0.1, -0.05) is 0 Å². The Labute approximate surface area is 97.6 Å². The van der Waals surface area contributed by atoms with Gasteiger partial charge in [-0.3, -0.25) is 4.79 Å². The molecule has 0 aromatic heterocycles. The SMILES string of the molecule is CC(C)(C)OCCN1CCC(C(=O)O)CC1. The van der Waals surface area contributed by atoms with Crippen molar-refractivity contribution in [3.8, 4) is 0 Å². The highest BCUT2D eigenvalue weighted by atomic mass is 16.5. The van der Waals surface area contributed by atoms with Gasteiger partial charge < -0.3 is 14.7 Å². The largest absolute Gasteiger partial charge is 0.481 e. The highest BCUT2D eigenvalue weighted by Crippen LogP contribution is 2.17. The maximum atomic E-state index is 10.8. The van der Waals surface area contributed by atoms with Gasteiger partial charge in [-0.15, -0.1) is 0 Å². The Balaban J connectivity index is 2.15. The molecule has 0 aliphatic carbocycles. The Morgan fingerprint density at radius 1 is 1.38 bits per heavy atom. The smallest absolute Gasteiger partial charge is 0.306 e. The zero-order chi connectivity index (χ0) is 12.2. The fourth-order valence-corrected chi connectivity index (χ4v) is 1.88. The summed E-state index contributed by atoms with van der Waals surface area (Å²) in [5.41, 5.74) is -0.0839. The molecule has 0 aromatic carbocycles. The lowest BCUT2D eigenvalue weighted by Gasteiger charge is -2.30. The van der Waals surface area contributed by atoms with Gasteiger partial charge in [-0.05, 0) is 46.7 Å². The molecule has 0 radical (unpaired) electrons. The number of rotatable bonds is 4. The molecule has 1 heterocycles. The molecule has 1 rings (SSSR count). The van der Waals surface area contributed by atoms with E-state index < -0.39 is 5.97 Å². The first-order valence-corrected chi connectivity index (χ1v) is 5.97. The van der Waals surface area contributed by atoms with Crippen LogP contribution in [0.1, 0.15) is 33.6 Å². The van der Waals surface area contributed by atoms with Crippen molar-refractivity contribution in [2.45, 2.75) is 39.2 Å². The molecule has 0 unspecified atom stereocenters. The Hall–Kier alpha value is -0.610. The van der Waals surface area contributed by atoms with E-state index in [1.165, 1.54) is 0 Å². The summed E-state index contributed by atoms with van der Waals surface area (Å²) < 4.78 is 5.65. The maximum Gasteiger partial charge on any atom is 0.306 e. The molecule has 16 heavy (non-hydrogen) atoms. The molecule has 1 aliphatic heterocycles. The third kappa shape index (κ3) is 4.94. The number of carboxylic acids is 1. The molecule has 4 heteroatoms. The summed E-state index contributed by atoms with van der Waals surface area (Å²) in [6.07, 6.45) is 1.54. The fraction of sp³-hybridized carbons (Fsp3) is 0.917. The Morgan fingerprint density at radius 2 is 1.94 bits per heavy atom. The van der Waals surface area contributed by atoms with Crippen molar-refractivity contribution in [1.82, 2.24) is 4.90 Å². The molecular weight excluding hydrogens is 206 g/mol. The third-order valence-electron chi connectivity index (χ3n) is 2.88. The van der Waals surface area contributed by atoms with Gasteiger partial charge in [0.15, 0.2) is 0 Å². The van der Waals surface area contributed by atoms with Gasteiger partial charge in [0, 0.05) is 6.54 Å². The van der Waals surface area contributed by atoms with E-state index in [4.69, 9.17) is 9.84 Å². The number of carboxylic acid groups (broad SMARTS) is 1. The highest BCUT2D eigenvalue weighted by molar-refractivity contribution is 5.70. The number of ether oxygens (including phenoxy) is 1. The van der Waals surface area contributed by atoms with Crippen molar-refractivity contribution in [3.63, 3.8) is 0 Å². The second-order valence-corrected chi connectivity index (χ2v) is 5.41. The van der Waals surface area contributed by atoms with Crippen LogP contribution in [0.15, 0.2) is 0 Å². The first kappa shape index (κ1) is 13.5. The number of piperidine rings is 1. The van der Waals surface area contributed by atoms with Crippen molar-refractivity contribution in [3.05, 3.63) is 0 Å². The molecule has 1 N–H and O–H groups in total. The molecule has 0 aromatic rings. The minimum atomic E-state index is -0.648. The number of hydrogen-bond donors (Lipinski definition) is 1. The second-order valence-electron chi connectivity index (χ2n) is 5.41. The molecule has 1 saturated heterocycles. The minimum Gasteiger partial charge on any atom is -0.481 e.